The molecule has 1 amide bonds. The second-order valence-corrected chi connectivity index (χ2v) is 11.2. The molecule has 0 radical (unpaired) electrons. The van der Waals surface area contributed by atoms with Crippen LogP contribution >= 0.6 is 23.4 Å². The molecular weight excluding hydrogens is 532 g/mol. The van der Waals surface area contributed by atoms with Gasteiger partial charge in [-0.2, -0.15) is 0 Å². The van der Waals surface area contributed by atoms with Gasteiger partial charge in [0.25, 0.3) is 5.91 Å². The third kappa shape index (κ3) is 5.60. The first-order chi connectivity index (χ1) is 18.7. The summed E-state index contributed by atoms with van der Waals surface area (Å²) in [5.41, 5.74) is 7.88. The smallest absolute Gasteiger partial charge is 0.306 e. The van der Waals surface area contributed by atoms with E-state index in [0.717, 1.165) is 49.1 Å². The minimum absolute atomic E-state index is 0.0224. The van der Waals surface area contributed by atoms with Crippen molar-refractivity contribution in [1.29, 1.82) is 0 Å². The molecule has 200 valence electrons. The van der Waals surface area contributed by atoms with Crippen molar-refractivity contribution in [2.45, 2.75) is 50.2 Å². The van der Waals surface area contributed by atoms with Gasteiger partial charge in [0, 0.05) is 63.1 Å². The van der Waals surface area contributed by atoms with Gasteiger partial charge < -0.3 is 15.0 Å². The molecule has 0 fully saturated rings. The summed E-state index contributed by atoms with van der Waals surface area (Å²) in [6, 6.07) is 11.8. The van der Waals surface area contributed by atoms with Gasteiger partial charge in [-0.05, 0) is 67.3 Å². The number of esters is 1. The summed E-state index contributed by atoms with van der Waals surface area (Å²) in [6.07, 6.45) is 3.11. The van der Waals surface area contributed by atoms with Gasteiger partial charge in [-0.3, -0.25) is 14.4 Å². The van der Waals surface area contributed by atoms with Crippen molar-refractivity contribution >= 4 is 58.4 Å². The number of rotatable bonds is 8. The average molecular weight is 561 g/mol. The molecule has 0 saturated heterocycles. The molecule has 8 heteroatoms. The predicted octanol–water partition coefficient (Wildman–Crippen LogP) is 6.94. The number of fused-ring (bicyclic) bond motifs is 2. The second kappa shape index (κ2) is 11.3. The lowest BCUT2D eigenvalue weighted by atomic mass is 9.89. The number of nitrogens with one attached hydrogen (secondary N) is 2. The van der Waals surface area contributed by atoms with Crippen molar-refractivity contribution in [3.05, 3.63) is 92.8 Å². The van der Waals surface area contributed by atoms with Crippen LogP contribution in [0.2, 0.25) is 5.02 Å². The zero-order chi connectivity index (χ0) is 27.7. The molecule has 0 atom stereocenters. The number of halogens is 1. The van der Waals surface area contributed by atoms with Crippen molar-refractivity contribution in [3.8, 4) is 0 Å². The number of ether oxygens (including phenoxy) is 1. The quantitative estimate of drug-likeness (QED) is 0.135. The van der Waals surface area contributed by atoms with Gasteiger partial charge in [0.1, 0.15) is 0 Å². The van der Waals surface area contributed by atoms with E-state index in [-0.39, 0.29) is 30.5 Å². The molecule has 2 aliphatic rings. The molecule has 0 unspecified atom stereocenters. The molecule has 2 N–H and O–H groups in total. The number of allylic oxidation sites excluding steroid dienone is 1. The number of aromatic nitrogens is 1. The van der Waals surface area contributed by atoms with Gasteiger partial charge >= 0.3 is 5.97 Å². The molecule has 1 aliphatic carbocycles. The van der Waals surface area contributed by atoms with E-state index in [2.05, 4.69) is 16.9 Å². The fraction of sp³-hybridized carbons (Fsp3) is 0.258. The maximum absolute atomic E-state index is 13.1. The number of amides is 1. The Bertz CT molecular complexity index is 1530. The summed E-state index contributed by atoms with van der Waals surface area (Å²) in [6.45, 7) is 8.11. The highest BCUT2D eigenvalue weighted by Crippen LogP contribution is 2.39. The Balaban J connectivity index is 1.49. The average Bonchev–Trinajstić information content (AvgIpc) is 3.39. The highest BCUT2D eigenvalue weighted by atomic mass is 35.5. The van der Waals surface area contributed by atoms with Crippen molar-refractivity contribution in [2.75, 3.05) is 11.9 Å². The Morgan fingerprint density at radius 2 is 2.00 bits per heavy atom. The van der Waals surface area contributed by atoms with Gasteiger partial charge in [0.2, 0.25) is 0 Å². The Hall–Kier alpha value is -3.55. The zero-order valence-corrected chi connectivity index (χ0v) is 23.5. The number of Topliss-reactive ketones (excluding diaryl/α,β-unsaturated/α-hetero) is 1. The van der Waals surface area contributed by atoms with Gasteiger partial charge in [0.15, 0.2) is 5.78 Å². The lowest BCUT2D eigenvalue weighted by Gasteiger charge is -2.14. The summed E-state index contributed by atoms with van der Waals surface area (Å²) in [7, 11) is 0. The van der Waals surface area contributed by atoms with Crippen LogP contribution in [0.1, 0.15) is 63.8 Å². The van der Waals surface area contributed by atoms with E-state index >= 15 is 0 Å². The van der Waals surface area contributed by atoms with Gasteiger partial charge in [-0.15, -0.1) is 11.8 Å². The second-order valence-electron chi connectivity index (χ2n) is 9.75. The molecule has 1 aromatic heterocycles. The number of thioether (sulfide) groups is 1. The molecule has 0 bridgehead atoms. The summed E-state index contributed by atoms with van der Waals surface area (Å²) >= 11 is 8.08. The molecule has 0 spiro atoms. The number of hydrogen-bond donors (Lipinski definition) is 2. The minimum Gasteiger partial charge on any atom is -0.466 e. The van der Waals surface area contributed by atoms with Crippen LogP contribution in [0.15, 0.2) is 53.4 Å². The standard InChI is InChI=1S/C31H29ClN2O4S/c1-4-38-29(36)11-9-20-26(33-27-12-17(2)13-28(35)30(20)27)15-22-21-14-19(8-10-25(21)34-31(22)37)39-16-23-18(3)6-5-7-24(23)32/h5-8,10,14-15,33H,2,4,9,11-13,16H2,1,3H3,(H,34,37)/b22-15-. The van der Waals surface area contributed by atoms with Gasteiger partial charge in [-0.1, -0.05) is 35.9 Å². The first-order valence-electron chi connectivity index (χ1n) is 12.9. The van der Waals surface area contributed by atoms with E-state index in [9.17, 15) is 14.4 Å². The van der Waals surface area contributed by atoms with Crippen LogP contribution in [0.5, 0.6) is 0 Å². The molecule has 3 aromatic rings. The fourth-order valence-electron chi connectivity index (χ4n) is 5.11. The maximum atomic E-state index is 13.1. The zero-order valence-electron chi connectivity index (χ0n) is 21.9. The van der Waals surface area contributed by atoms with Crippen LogP contribution in [0.4, 0.5) is 5.69 Å². The molecule has 39 heavy (non-hydrogen) atoms. The van der Waals surface area contributed by atoms with Gasteiger partial charge in [0.05, 0.1) is 12.2 Å². The molecule has 2 aromatic carbocycles. The summed E-state index contributed by atoms with van der Waals surface area (Å²) < 4.78 is 5.11. The van der Waals surface area contributed by atoms with Crippen LogP contribution in [-0.4, -0.2) is 29.3 Å². The highest BCUT2D eigenvalue weighted by molar-refractivity contribution is 7.98. The molecule has 0 saturated carbocycles. The monoisotopic (exact) mass is 560 g/mol. The van der Waals surface area contributed by atoms with Crippen LogP contribution in [-0.2, 0) is 32.9 Å². The highest BCUT2D eigenvalue weighted by Gasteiger charge is 2.30. The van der Waals surface area contributed by atoms with Crippen molar-refractivity contribution in [2.24, 2.45) is 0 Å². The number of benzene rings is 2. The lowest BCUT2D eigenvalue weighted by Crippen LogP contribution is -2.14. The molecule has 1 aliphatic heterocycles. The number of aromatic amines is 1. The first-order valence-corrected chi connectivity index (χ1v) is 14.2. The molecule has 5 rings (SSSR count). The number of aryl methyl sites for hydroxylation is 1. The predicted molar refractivity (Wildman–Crippen MR) is 156 cm³/mol. The van der Waals surface area contributed by atoms with E-state index in [1.54, 1.807) is 24.8 Å². The largest absolute Gasteiger partial charge is 0.466 e. The fourth-order valence-corrected chi connectivity index (χ4v) is 6.53. The Kier molecular flexibility index (Phi) is 7.82. The lowest BCUT2D eigenvalue weighted by molar-refractivity contribution is -0.143. The summed E-state index contributed by atoms with van der Waals surface area (Å²) in [5.74, 6) is 0.149. The van der Waals surface area contributed by atoms with Crippen LogP contribution < -0.4 is 5.32 Å². The number of anilines is 1. The number of H-pyrrole nitrogens is 1. The number of hydrogen-bond acceptors (Lipinski definition) is 5. The number of carbonyl (C=O) groups excluding carboxylic acids is 3. The Morgan fingerprint density at radius 1 is 1.18 bits per heavy atom. The van der Waals surface area contributed by atoms with Crippen molar-refractivity contribution in [1.82, 2.24) is 4.98 Å². The topological polar surface area (TPSA) is 88.3 Å². The van der Waals surface area contributed by atoms with Crippen LogP contribution in [0, 0.1) is 6.92 Å². The summed E-state index contributed by atoms with van der Waals surface area (Å²) in [4.78, 5) is 42.5. The third-order valence-electron chi connectivity index (χ3n) is 7.01. The SMILES string of the molecule is C=C1CC(=O)c2c([nH]c(/C=C3\C(=O)Nc4ccc(SCc5c(C)cccc5Cl)cc43)c2CCC(=O)OCC)C1. The van der Waals surface area contributed by atoms with Gasteiger partial charge in [-0.25, -0.2) is 0 Å². The van der Waals surface area contributed by atoms with E-state index in [0.29, 0.717) is 42.0 Å². The van der Waals surface area contributed by atoms with Crippen LogP contribution in [0.25, 0.3) is 11.6 Å². The number of ketones is 1. The van der Waals surface area contributed by atoms with E-state index in [4.69, 9.17) is 16.3 Å². The Morgan fingerprint density at radius 3 is 2.77 bits per heavy atom. The minimum atomic E-state index is -0.321. The van der Waals surface area contributed by atoms with Crippen LogP contribution in [0.3, 0.4) is 0 Å². The molecule has 2 heterocycles. The number of carbonyl (C=O) groups is 3. The third-order valence-corrected chi connectivity index (χ3v) is 8.39. The normalized spacial score (nSPS) is 15.4. The first kappa shape index (κ1) is 27.0. The molecule has 6 nitrogen and oxygen atoms in total. The van der Waals surface area contributed by atoms with Crippen molar-refractivity contribution < 1.29 is 19.1 Å². The van der Waals surface area contributed by atoms with E-state index < -0.39 is 0 Å². The summed E-state index contributed by atoms with van der Waals surface area (Å²) in [5, 5.41) is 3.68. The molecular formula is C31H29ClN2O4S. The van der Waals surface area contributed by atoms with Crippen molar-refractivity contribution in [3.63, 3.8) is 0 Å². The maximum Gasteiger partial charge on any atom is 0.306 e. The Labute approximate surface area is 236 Å². The van der Waals surface area contributed by atoms with E-state index in [1.165, 1.54) is 0 Å². The van der Waals surface area contributed by atoms with E-state index in [1.807, 2.05) is 43.3 Å².